The van der Waals surface area contributed by atoms with Crippen LogP contribution in [0.3, 0.4) is 0 Å². The lowest BCUT2D eigenvalue weighted by atomic mass is 9.45. The van der Waals surface area contributed by atoms with Crippen molar-refractivity contribution in [2.24, 2.45) is 39.7 Å². The van der Waals surface area contributed by atoms with Gasteiger partial charge >= 0.3 is 5.97 Å². The predicted molar refractivity (Wildman–Crippen MR) is 117 cm³/mol. The first kappa shape index (κ1) is 21.4. The number of Topliss-reactive ketones (excluding diaryl/α,β-unsaturated/α-hetero) is 1. The van der Waals surface area contributed by atoms with Crippen LogP contribution < -0.4 is 5.32 Å². The molecule has 1 heterocycles. The minimum atomic E-state index is -0.177. The molecule has 5 rings (SSSR count). The Hall–Kier alpha value is -1.43. The Labute approximate surface area is 185 Å². The van der Waals surface area contributed by atoms with Gasteiger partial charge in [-0.05, 0) is 81.6 Å². The van der Waals surface area contributed by atoms with Gasteiger partial charge in [-0.1, -0.05) is 12.1 Å². The van der Waals surface area contributed by atoms with Crippen molar-refractivity contribution in [1.82, 2.24) is 5.32 Å². The zero-order valence-corrected chi connectivity index (χ0v) is 19.2. The molecule has 0 radical (unpaired) electrons. The van der Waals surface area contributed by atoms with E-state index in [1.165, 1.54) is 19.1 Å². The van der Waals surface area contributed by atoms with Crippen molar-refractivity contribution in [1.29, 1.82) is 0 Å². The number of ketones is 1. The second-order valence-corrected chi connectivity index (χ2v) is 11.2. The summed E-state index contributed by atoms with van der Waals surface area (Å²) in [4.78, 5) is 30.3. The molecule has 7 atom stereocenters. The van der Waals surface area contributed by atoms with Gasteiger partial charge in [0.25, 0.3) is 0 Å². The van der Waals surface area contributed by atoms with Crippen LogP contribution in [0, 0.1) is 34.5 Å². The molecule has 172 valence electrons. The summed E-state index contributed by atoms with van der Waals surface area (Å²) in [7, 11) is 0. The molecule has 6 nitrogen and oxygen atoms in total. The Morgan fingerprint density at radius 1 is 1.13 bits per heavy atom. The first-order chi connectivity index (χ1) is 14.9. The number of ether oxygens (including phenoxy) is 1. The Morgan fingerprint density at radius 2 is 2.00 bits per heavy atom. The number of hydrogen-bond acceptors (Lipinski definition) is 6. The molecule has 1 aliphatic heterocycles. The van der Waals surface area contributed by atoms with Crippen molar-refractivity contribution in [3.05, 3.63) is 0 Å². The maximum atomic E-state index is 12.7. The van der Waals surface area contributed by atoms with Gasteiger partial charge in [-0.3, -0.25) is 9.59 Å². The highest BCUT2D eigenvalue weighted by Crippen LogP contribution is 2.65. The second kappa shape index (κ2) is 8.17. The predicted octanol–water partition coefficient (Wildman–Crippen LogP) is 3.88. The van der Waals surface area contributed by atoms with E-state index in [-0.39, 0.29) is 22.9 Å². The average Bonchev–Trinajstić information content (AvgIpc) is 3.38. The molecule has 1 N–H and O–H groups in total. The van der Waals surface area contributed by atoms with Gasteiger partial charge in [0, 0.05) is 37.1 Å². The third kappa shape index (κ3) is 3.63. The fourth-order valence-electron chi connectivity index (χ4n) is 8.10. The van der Waals surface area contributed by atoms with Crippen molar-refractivity contribution in [3.8, 4) is 0 Å². The van der Waals surface area contributed by atoms with Gasteiger partial charge in [0.1, 0.15) is 11.9 Å². The monoisotopic (exact) mass is 430 g/mol. The lowest BCUT2D eigenvalue weighted by molar-refractivity contribution is -0.163. The fraction of sp³-hybridized carbons (Fsp3) is 0.880. The normalized spacial score (nSPS) is 45.7. The summed E-state index contributed by atoms with van der Waals surface area (Å²) >= 11 is 0. The van der Waals surface area contributed by atoms with E-state index in [1.807, 2.05) is 0 Å². The molecule has 5 aliphatic rings. The van der Waals surface area contributed by atoms with E-state index >= 15 is 0 Å². The molecule has 4 saturated carbocycles. The summed E-state index contributed by atoms with van der Waals surface area (Å²) in [5.41, 5.74) is 1.11. The highest BCUT2D eigenvalue weighted by Gasteiger charge is 2.61. The quantitative estimate of drug-likeness (QED) is 0.541. The highest BCUT2D eigenvalue weighted by atomic mass is 16.6. The SMILES string of the molecule is CC(=O)OCC12CCC(=NOC3CCNC3)CC1CCC1C3CCC(=O)C3(C)CCC12. The van der Waals surface area contributed by atoms with Crippen LogP contribution in [0.1, 0.15) is 78.1 Å². The van der Waals surface area contributed by atoms with Crippen LogP contribution >= 0.6 is 0 Å². The van der Waals surface area contributed by atoms with E-state index in [4.69, 9.17) is 9.57 Å². The molecule has 0 amide bonds. The summed E-state index contributed by atoms with van der Waals surface area (Å²) in [5, 5.41) is 7.91. The summed E-state index contributed by atoms with van der Waals surface area (Å²) in [6, 6.07) is 0. The minimum Gasteiger partial charge on any atom is -0.465 e. The number of nitrogens with zero attached hydrogens (tertiary/aromatic N) is 1. The maximum Gasteiger partial charge on any atom is 0.302 e. The molecule has 7 unspecified atom stereocenters. The highest BCUT2D eigenvalue weighted by molar-refractivity contribution is 5.87. The molecule has 31 heavy (non-hydrogen) atoms. The molecule has 0 aromatic carbocycles. The molecule has 4 aliphatic carbocycles. The van der Waals surface area contributed by atoms with E-state index in [1.54, 1.807) is 0 Å². The van der Waals surface area contributed by atoms with E-state index in [9.17, 15) is 9.59 Å². The van der Waals surface area contributed by atoms with Gasteiger partial charge in [-0.15, -0.1) is 0 Å². The van der Waals surface area contributed by atoms with Crippen LogP contribution in [-0.2, 0) is 19.2 Å². The van der Waals surface area contributed by atoms with Crippen molar-refractivity contribution >= 4 is 17.5 Å². The van der Waals surface area contributed by atoms with Gasteiger partial charge in [0.2, 0.25) is 0 Å². The zero-order chi connectivity index (χ0) is 21.6. The van der Waals surface area contributed by atoms with E-state index in [0.717, 1.165) is 70.9 Å². The third-order valence-corrected chi connectivity index (χ3v) is 9.80. The van der Waals surface area contributed by atoms with Crippen LogP contribution in [0.5, 0.6) is 0 Å². The van der Waals surface area contributed by atoms with Crippen LogP contribution in [0.2, 0.25) is 0 Å². The topological polar surface area (TPSA) is 77.0 Å². The number of fused-ring (bicyclic) bond motifs is 5. The number of hydrogen-bond donors (Lipinski definition) is 1. The lowest BCUT2D eigenvalue weighted by Crippen LogP contribution is -2.56. The van der Waals surface area contributed by atoms with E-state index in [0.29, 0.717) is 36.1 Å². The van der Waals surface area contributed by atoms with Gasteiger partial charge in [-0.25, -0.2) is 0 Å². The number of esters is 1. The summed E-state index contributed by atoms with van der Waals surface area (Å²) in [6.45, 7) is 6.19. The number of rotatable bonds is 4. The van der Waals surface area contributed by atoms with Crippen LogP contribution in [-0.4, -0.2) is 43.3 Å². The number of oxime groups is 1. The molecule has 0 aromatic heterocycles. The van der Waals surface area contributed by atoms with Crippen LogP contribution in [0.25, 0.3) is 0 Å². The summed E-state index contributed by atoms with van der Waals surface area (Å²) in [6.07, 6.45) is 10.4. The molecule has 6 heteroatoms. The van der Waals surface area contributed by atoms with Gasteiger partial charge in [0.05, 0.1) is 12.3 Å². The fourth-order valence-corrected chi connectivity index (χ4v) is 8.10. The number of carbonyl (C=O) groups is 2. The Morgan fingerprint density at radius 3 is 2.77 bits per heavy atom. The molecule has 0 spiro atoms. The smallest absolute Gasteiger partial charge is 0.302 e. The van der Waals surface area contributed by atoms with Crippen LogP contribution in [0.15, 0.2) is 5.16 Å². The van der Waals surface area contributed by atoms with Crippen molar-refractivity contribution in [3.63, 3.8) is 0 Å². The van der Waals surface area contributed by atoms with E-state index < -0.39 is 0 Å². The van der Waals surface area contributed by atoms with Gasteiger partial charge < -0.3 is 14.9 Å². The molecule has 0 bridgehead atoms. The largest absolute Gasteiger partial charge is 0.465 e. The van der Waals surface area contributed by atoms with Gasteiger partial charge in [-0.2, -0.15) is 0 Å². The summed E-state index contributed by atoms with van der Waals surface area (Å²) < 4.78 is 5.74. The maximum absolute atomic E-state index is 12.7. The Kier molecular flexibility index (Phi) is 5.64. The lowest BCUT2D eigenvalue weighted by Gasteiger charge is -2.60. The minimum absolute atomic E-state index is 0.0372. The van der Waals surface area contributed by atoms with Crippen molar-refractivity contribution in [2.75, 3.05) is 19.7 Å². The molecule has 0 aromatic rings. The Bertz CT molecular complexity index is 761. The molecule has 5 fully saturated rings. The second-order valence-electron chi connectivity index (χ2n) is 11.2. The molecular weight excluding hydrogens is 392 g/mol. The average molecular weight is 431 g/mol. The number of carbonyl (C=O) groups excluding carboxylic acids is 2. The first-order valence-corrected chi connectivity index (χ1v) is 12.5. The molecule has 1 saturated heterocycles. The number of nitrogens with one attached hydrogen (secondary N) is 1. The molecular formula is C25H38N2O4. The zero-order valence-electron chi connectivity index (χ0n) is 19.2. The van der Waals surface area contributed by atoms with Crippen molar-refractivity contribution < 1.29 is 19.2 Å². The first-order valence-electron chi connectivity index (χ1n) is 12.5. The van der Waals surface area contributed by atoms with Crippen molar-refractivity contribution in [2.45, 2.75) is 84.2 Å². The third-order valence-electron chi connectivity index (χ3n) is 9.80. The summed E-state index contributed by atoms with van der Waals surface area (Å²) in [5.74, 6) is 2.47. The van der Waals surface area contributed by atoms with E-state index in [2.05, 4.69) is 17.4 Å². The standard InChI is InChI=1S/C25H38N2O4/c1-16(28)30-15-25-11-7-18(27-31-19-9-12-26-14-19)13-17(25)3-4-20-21-5-6-23(29)24(21,2)10-8-22(20)25/h17,19-22,26H,3-15H2,1-2H3. The van der Waals surface area contributed by atoms with Crippen LogP contribution in [0.4, 0.5) is 0 Å². The Balaban J connectivity index is 1.37. The van der Waals surface area contributed by atoms with Gasteiger partial charge in [0.15, 0.2) is 0 Å².